The maximum Gasteiger partial charge on any atom is 0.338 e. The van der Waals surface area contributed by atoms with Gasteiger partial charge in [-0.1, -0.05) is 25.1 Å². The van der Waals surface area contributed by atoms with E-state index >= 15 is 0 Å². The summed E-state index contributed by atoms with van der Waals surface area (Å²) >= 11 is 0. The molecular formula is C22H27N3O3. The number of hydrogen-bond donors (Lipinski definition) is 1. The van der Waals surface area contributed by atoms with E-state index in [1.165, 1.54) is 5.69 Å². The van der Waals surface area contributed by atoms with Gasteiger partial charge in [0.15, 0.2) is 0 Å². The second-order valence-electron chi connectivity index (χ2n) is 6.86. The Balaban J connectivity index is 1.44. The molecule has 28 heavy (non-hydrogen) atoms. The molecule has 1 saturated heterocycles. The summed E-state index contributed by atoms with van der Waals surface area (Å²) in [6, 6.07) is 17.1. The number of amides is 1. The average Bonchev–Trinajstić information content (AvgIpc) is 2.73. The molecule has 0 unspecified atom stereocenters. The number of carbonyl (C=O) groups is 2. The number of ether oxygens (including phenoxy) is 1. The molecule has 2 aromatic rings. The lowest BCUT2D eigenvalue weighted by molar-refractivity contribution is -0.117. The molecule has 0 radical (unpaired) electrons. The van der Waals surface area contributed by atoms with Gasteiger partial charge in [0.1, 0.15) is 0 Å². The van der Waals surface area contributed by atoms with Crippen molar-refractivity contribution in [2.75, 3.05) is 49.5 Å². The van der Waals surface area contributed by atoms with E-state index in [-0.39, 0.29) is 11.9 Å². The van der Waals surface area contributed by atoms with E-state index < -0.39 is 0 Å². The fourth-order valence-electron chi connectivity index (χ4n) is 3.17. The lowest BCUT2D eigenvalue weighted by Gasteiger charge is -2.35. The SMILES string of the molecule is CCCOC(=O)c1ccc(NC(=O)CN2CCN(c3ccccc3)CC2)cc1. The maximum absolute atomic E-state index is 12.3. The predicted octanol–water partition coefficient (Wildman–Crippen LogP) is 3.01. The Labute approximate surface area is 166 Å². The van der Waals surface area contributed by atoms with Gasteiger partial charge in [0.2, 0.25) is 5.91 Å². The molecule has 1 fully saturated rings. The lowest BCUT2D eigenvalue weighted by atomic mass is 10.2. The van der Waals surface area contributed by atoms with Gasteiger partial charge in [0, 0.05) is 37.6 Å². The van der Waals surface area contributed by atoms with Crippen molar-refractivity contribution >= 4 is 23.3 Å². The molecule has 0 spiro atoms. The van der Waals surface area contributed by atoms with E-state index in [0.29, 0.717) is 24.4 Å². The van der Waals surface area contributed by atoms with Crippen LogP contribution in [-0.2, 0) is 9.53 Å². The summed E-state index contributed by atoms with van der Waals surface area (Å²) in [5.41, 5.74) is 2.40. The molecule has 1 aliphatic heterocycles. The Morgan fingerprint density at radius 2 is 1.64 bits per heavy atom. The second kappa shape index (κ2) is 9.90. The third-order valence-corrected chi connectivity index (χ3v) is 4.70. The van der Waals surface area contributed by atoms with Gasteiger partial charge in [-0.15, -0.1) is 0 Å². The molecule has 1 N–H and O–H groups in total. The summed E-state index contributed by atoms with van der Waals surface area (Å²) in [5.74, 6) is -0.384. The third-order valence-electron chi connectivity index (χ3n) is 4.70. The minimum absolute atomic E-state index is 0.0468. The number of anilines is 2. The first-order valence-corrected chi connectivity index (χ1v) is 9.75. The monoisotopic (exact) mass is 381 g/mol. The third kappa shape index (κ3) is 5.57. The fraction of sp³-hybridized carbons (Fsp3) is 0.364. The fourth-order valence-corrected chi connectivity index (χ4v) is 3.17. The van der Waals surface area contributed by atoms with Crippen LogP contribution in [0.25, 0.3) is 0 Å². The highest BCUT2D eigenvalue weighted by atomic mass is 16.5. The van der Waals surface area contributed by atoms with Crippen molar-refractivity contribution in [3.8, 4) is 0 Å². The maximum atomic E-state index is 12.3. The highest BCUT2D eigenvalue weighted by molar-refractivity contribution is 5.94. The van der Waals surface area contributed by atoms with Gasteiger partial charge in [0.25, 0.3) is 0 Å². The zero-order chi connectivity index (χ0) is 19.8. The van der Waals surface area contributed by atoms with Crippen LogP contribution in [0.3, 0.4) is 0 Å². The smallest absolute Gasteiger partial charge is 0.338 e. The van der Waals surface area contributed by atoms with Gasteiger partial charge in [-0.2, -0.15) is 0 Å². The van der Waals surface area contributed by atoms with Gasteiger partial charge >= 0.3 is 5.97 Å². The molecule has 3 rings (SSSR count). The Morgan fingerprint density at radius 1 is 0.964 bits per heavy atom. The summed E-state index contributed by atoms with van der Waals surface area (Å²) in [7, 11) is 0. The second-order valence-corrected chi connectivity index (χ2v) is 6.86. The van der Waals surface area contributed by atoms with Gasteiger partial charge < -0.3 is 15.0 Å². The Morgan fingerprint density at radius 3 is 2.29 bits per heavy atom. The number of esters is 1. The van der Waals surface area contributed by atoms with Gasteiger partial charge in [-0.3, -0.25) is 9.69 Å². The molecule has 148 valence electrons. The first-order chi connectivity index (χ1) is 13.7. The van der Waals surface area contributed by atoms with E-state index in [4.69, 9.17) is 4.74 Å². The molecule has 1 heterocycles. The minimum atomic E-state index is -0.337. The highest BCUT2D eigenvalue weighted by Gasteiger charge is 2.19. The quantitative estimate of drug-likeness (QED) is 0.747. The topological polar surface area (TPSA) is 61.9 Å². The molecule has 0 aliphatic carbocycles. The van der Waals surface area contributed by atoms with E-state index in [9.17, 15) is 9.59 Å². The number of nitrogens with zero attached hydrogens (tertiary/aromatic N) is 2. The molecule has 6 heteroatoms. The van der Waals surface area contributed by atoms with Crippen molar-refractivity contribution < 1.29 is 14.3 Å². The van der Waals surface area contributed by atoms with E-state index in [2.05, 4.69) is 27.2 Å². The number of para-hydroxylation sites is 1. The molecule has 0 aromatic heterocycles. The van der Waals surface area contributed by atoms with Gasteiger partial charge in [-0.25, -0.2) is 4.79 Å². The molecule has 1 amide bonds. The lowest BCUT2D eigenvalue weighted by Crippen LogP contribution is -2.48. The van der Waals surface area contributed by atoms with Crippen molar-refractivity contribution in [3.05, 3.63) is 60.2 Å². The zero-order valence-corrected chi connectivity index (χ0v) is 16.3. The van der Waals surface area contributed by atoms with Gasteiger partial charge in [-0.05, 0) is 42.8 Å². The Hall–Kier alpha value is -2.86. The van der Waals surface area contributed by atoms with Crippen LogP contribution in [0, 0.1) is 0 Å². The van der Waals surface area contributed by atoms with Crippen molar-refractivity contribution in [1.82, 2.24) is 4.90 Å². The largest absolute Gasteiger partial charge is 0.462 e. The number of rotatable bonds is 7. The van der Waals surface area contributed by atoms with Crippen LogP contribution in [-0.4, -0.2) is 56.1 Å². The molecule has 0 atom stereocenters. The van der Waals surface area contributed by atoms with E-state index in [0.717, 1.165) is 32.6 Å². The highest BCUT2D eigenvalue weighted by Crippen LogP contribution is 2.16. The van der Waals surface area contributed by atoms with Crippen LogP contribution in [0.2, 0.25) is 0 Å². The molecule has 1 aliphatic rings. The Bertz CT molecular complexity index is 769. The molecule has 2 aromatic carbocycles. The van der Waals surface area contributed by atoms with Crippen LogP contribution in [0.1, 0.15) is 23.7 Å². The van der Waals surface area contributed by atoms with Crippen molar-refractivity contribution in [3.63, 3.8) is 0 Å². The molecule has 0 saturated carbocycles. The summed E-state index contributed by atoms with van der Waals surface area (Å²) < 4.78 is 5.10. The number of piperazine rings is 1. The van der Waals surface area contributed by atoms with Crippen LogP contribution >= 0.6 is 0 Å². The van der Waals surface area contributed by atoms with E-state index in [1.807, 2.05) is 25.1 Å². The molecular weight excluding hydrogens is 354 g/mol. The first-order valence-electron chi connectivity index (χ1n) is 9.75. The summed E-state index contributed by atoms with van der Waals surface area (Å²) in [4.78, 5) is 28.6. The number of hydrogen-bond acceptors (Lipinski definition) is 5. The standard InChI is InChI=1S/C22H27N3O3/c1-2-16-28-22(27)18-8-10-19(11-9-18)23-21(26)17-24-12-14-25(15-13-24)20-6-4-3-5-7-20/h3-11H,2,12-17H2,1H3,(H,23,26). The van der Waals surface area contributed by atoms with Crippen molar-refractivity contribution in [2.45, 2.75) is 13.3 Å². The normalized spacial score (nSPS) is 14.5. The van der Waals surface area contributed by atoms with Crippen LogP contribution in [0.15, 0.2) is 54.6 Å². The number of benzene rings is 2. The summed E-state index contributed by atoms with van der Waals surface area (Å²) in [6.45, 7) is 6.25. The molecule has 6 nitrogen and oxygen atoms in total. The van der Waals surface area contributed by atoms with Crippen molar-refractivity contribution in [2.24, 2.45) is 0 Å². The summed E-state index contributed by atoms with van der Waals surface area (Å²) in [5, 5.41) is 2.90. The average molecular weight is 381 g/mol. The molecule has 0 bridgehead atoms. The Kier molecular flexibility index (Phi) is 7.03. The number of nitrogens with one attached hydrogen (secondary N) is 1. The number of carbonyl (C=O) groups excluding carboxylic acids is 2. The van der Waals surface area contributed by atoms with E-state index in [1.54, 1.807) is 24.3 Å². The van der Waals surface area contributed by atoms with Crippen LogP contribution in [0.5, 0.6) is 0 Å². The van der Waals surface area contributed by atoms with Crippen LogP contribution in [0.4, 0.5) is 11.4 Å². The summed E-state index contributed by atoms with van der Waals surface area (Å²) in [6.07, 6.45) is 0.791. The van der Waals surface area contributed by atoms with Crippen molar-refractivity contribution in [1.29, 1.82) is 0 Å². The zero-order valence-electron chi connectivity index (χ0n) is 16.3. The minimum Gasteiger partial charge on any atom is -0.462 e. The van der Waals surface area contributed by atoms with Crippen LogP contribution < -0.4 is 10.2 Å². The van der Waals surface area contributed by atoms with Gasteiger partial charge in [0.05, 0.1) is 18.7 Å². The first kappa shape index (κ1) is 19.9. The predicted molar refractivity (Wildman–Crippen MR) is 111 cm³/mol.